The molecule has 0 bridgehead atoms. The molecule has 0 spiro atoms. The summed E-state index contributed by atoms with van der Waals surface area (Å²) in [7, 11) is 0. The van der Waals surface area contributed by atoms with E-state index in [4.69, 9.17) is 4.52 Å². The van der Waals surface area contributed by atoms with E-state index in [1.54, 1.807) is 25.1 Å². The summed E-state index contributed by atoms with van der Waals surface area (Å²) in [5.41, 5.74) is 0.587. The second kappa shape index (κ2) is 4.65. The average molecular weight is 285 g/mol. The summed E-state index contributed by atoms with van der Waals surface area (Å²) in [5, 5.41) is 6.74. The minimum absolute atomic E-state index is 0.248. The summed E-state index contributed by atoms with van der Waals surface area (Å²) in [6, 6.07) is 6.72. The van der Waals surface area contributed by atoms with Crippen LogP contribution in [0.5, 0.6) is 0 Å². The molecule has 2 aromatic rings. The van der Waals surface area contributed by atoms with Crippen LogP contribution < -0.4 is 5.32 Å². The van der Waals surface area contributed by atoms with Crippen molar-refractivity contribution in [3.05, 3.63) is 45.9 Å². The van der Waals surface area contributed by atoms with Crippen LogP contribution in [-0.4, -0.2) is 5.16 Å². The van der Waals surface area contributed by atoms with Crippen LogP contribution in [0.25, 0.3) is 0 Å². The van der Waals surface area contributed by atoms with Gasteiger partial charge in [0, 0.05) is 22.6 Å². The number of nitrogens with zero attached hydrogens (tertiary/aromatic N) is 1. The fourth-order valence-corrected chi connectivity index (χ4v) is 1.63. The largest absolute Gasteiger partial charge is 0.363 e. The van der Waals surface area contributed by atoms with Crippen LogP contribution in [0.4, 0.5) is 10.2 Å². The molecule has 2 rings (SSSR count). The second-order valence-electron chi connectivity index (χ2n) is 3.41. The number of nitrogens with one attached hydrogen (secondary N) is 1. The maximum absolute atomic E-state index is 13.4. The lowest BCUT2D eigenvalue weighted by atomic mass is 10.2. The van der Waals surface area contributed by atoms with Crippen LogP contribution in [0, 0.1) is 12.7 Å². The Morgan fingerprint density at radius 1 is 1.44 bits per heavy atom. The average Bonchev–Trinajstić information content (AvgIpc) is 2.63. The lowest BCUT2D eigenvalue weighted by Crippen LogP contribution is -2.01. The van der Waals surface area contributed by atoms with Gasteiger partial charge in [0.1, 0.15) is 11.6 Å². The maximum atomic E-state index is 13.4. The third-order valence-corrected chi connectivity index (χ3v) is 2.60. The Morgan fingerprint density at radius 2 is 2.25 bits per heavy atom. The van der Waals surface area contributed by atoms with E-state index >= 15 is 0 Å². The fourth-order valence-electron chi connectivity index (χ4n) is 1.30. The lowest BCUT2D eigenvalue weighted by Gasteiger charge is -2.04. The van der Waals surface area contributed by atoms with Crippen molar-refractivity contribution >= 4 is 21.7 Å². The minimum atomic E-state index is -0.248. The van der Waals surface area contributed by atoms with Crippen LogP contribution in [0.15, 0.2) is 33.3 Å². The number of hydrogen-bond acceptors (Lipinski definition) is 3. The molecule has 5 heteroatoms. The molecule has 0 fully saturated rings. The Balaban J connectivity index is 2.04. The van der Waals surface area contributed by atoms with E-state index in [1.807, 2.05) is 0 Å². The van der Waals surface area contributed by atoms with Gasteiger partial charge in [0.2, 0.25) is 0 Å². The van der Waals surface area contributed by atoms with E-state index < -0.39 is 0 Å². The zero-order valence-electron chi connectivity index (χ0n) is 8.63. The van der Waals surface area contributed by atoms with Gasteiger partial charge in [-0.25, -0.2) is 4.39 Å². The van der Waals surface area contributed by atoms with Crippen molar-refractivity contribution in [3.8, 4) is 0 Å². The van der Waals surface area contributed by atoms with Gasteiger partial charge in [-0.15, -0.1) is 0 Å². The quantitative estimate of drug-likeness (QED) is 0.938. The molecule has 1 aromatic carbocycles. The summed E-state index contributed by atoms with van der Waals surface area (Å²) in [5.74, 6) is 1.08. The van der Waals surface area contributed by atoms with Crippen molar-refractivity contribution < 1.29 is 8.91 Å². The van der Waals surface area contributed by atoms with E-state index in [-0.39, 0.29) is 5.82 Å². The molecule has 0 radical (unpaired) electrons. The number of hydrogen-bond donors (Lipinski definition) is 1. The highest BCUT2D eigenvalue weighted by Crippen LogP contribution is 2.16. The van der Waals surface area contributed by atoms with Crippen molar-refractivity contribution in [1.29, 1.82) is 0 Å². The van der Waals surface area contributed by atoms with Crippen molar-refractivity contribution in [2.24, 2.45) is 0 Å². The van der Waals surface area contributed by atoms with Gasteiger partial charge in [0.05, 0.1) is 0 Å². The van der Waals surface area contributed by atoms with Crippen LogP contribution in [0.2, 0.25) is 0 Å². The van der Waals surface area contributed by atoms with E-state index in [9.17, 15) is 4.39 Å². The van der Waals surface area contributed by atoms with E-state index in [0.29, 0.717) is 17.9 Å². The normalized spacial score (nSPS) is 10.4. The molecule has 0 aliphatic carbocycles. The van der Waals surface area contributed by atoms with Gasteiger partial charge in [-0.1, -0.05) is 27.2 Å². The van der Waals surface area contributed by atoms with E-state index in [1.165, 1.54) is 6.07 Å². The topological polar surface area (TPSA) is 38.1 Å². The minimum Gasteiger partial charge on any atom is -0.363 e. The SMILES string of the molecule is Cc1cc(NCc2ccc(Br)cc2F)no1. The number of aryl methyl sites for hydroxylation is 1. The molecule has 1 aromatic heterocycles. The molecule has 0 aliphatic rings. The number of benzene rings is 1. The standard InChI is InChI=1S/C11H10BrFN2O/c1-7-4-11(15-16-7)14-6-8-2-3-9(12)5-10(8)13/h2-5H,6H2,1H3,(H,14,15). The third kappa shape index (κ3) is 2.61. The number of aromatic nitrogens is 1. The summed E-state index contributed by atoms with van der Waals surface area (Å²) < 4.78 is 19.1. The molecule has 0 aliphatic heterocycles. The molecule has 0 atom stereocenters. The molecule has 3 nitrogen and oxygen atoms in total. The van der Waals surface area contributed by atoms with E-state index in [2.05, 4.69) is 26.4 Å². The summed E-state index contributed by atoms with van der Waals surface area (Å²) in [6.07, 6.45) is 0. The third-order valence-electron chi connectivity index (χ3n) is 2.10. The molecule has 84 valence electrons. The molecule has 0 saturated carbocycles. The van der Waals surface area contributed by atoms with Gasteiger partial charge in [0.25, 0.3) is 0 Å². The van der Waals surface area contributed by atoms with Crippen molar-refractivity contribution in [2.45, 2.75) is 13.5 Å². The Kier molecular flexibility index (Phi) is 3.24. The number of rotatable bonds is 3. The molecule has 0 amide bonds. The summed E-state index contributed by atoms with van der Waals surface area (Å²) in [6.45, 7) is 2.18. The van der Waals surface area contributed by atoms with Crippen molar-refractivity contribution in [3.63, 3.8) is 0 Å². The maximum Gasteiger partial charge on any atom is 0.169 e. The van der Waals surface area contributed by atoms with Gasteiger partial charge < -0.3 is 9.84 Å². The first kappa shape index (κ1) is 11.1. The smallest absolute Gasteiger partial charge is 0.169 e. The highest BCUT2D eigenvalue weighted by Gasteiger charge is 2.04. The molecule has 16 heavy (non-hydrogen) atoms. The zero-order chi connectivity index (χ0) is 11.5. The van der Waals surface area contributed by atoms with Crippen LogP contribution in [0.1, 0.15) is 11.3 Å². The Morgan fingerprint density at radius 3 is 2.88 bits per heavy atom. The first-order valence-electron chi connectivity index (χ1n) is 4.76. The van der Waals surface area contributed by atoms with Gasteiger partial charge in [-0.2, -0.15) is 0 Å². The van der Waals surface area contributed by atoms with Crippen molar-refractivity contribution in [2.75, 3.05) is 5.32 Å². The first-order valence-corrected chi connectivity index (χ1v) is 5.55. The van der Waals surface area contributed by atoms with Gasteiger partial charge in [-0.3, -0.25) is 0 Å². The molecule has 1 heterocycles. The molecular weight excluding hydrogens is 275 g/mol. The molecule has 0 unspecified atom stereocenters. The van der Waals surface area contributed by atoms with Crippen LogP contribution in [0.3, 0.4) is 0 Å². The van der Waals surface area contributed by atoms with Gasteiger partial charge in [0.15, 0.2) is 5.82 Å². The molecular formula is C11H10BrFN2O. The fraction of sp³-hybridized carbons (Fsp3) is 0.182. The monoisotopic (exact) mass is 284 g/mol. The van der Waals surface area contributed by atoms with Crippen LogP contribution >= 0.6 is 15.9 Å². The summed E-state index contributed by atoms with van der Waals surface area (Å²) in [4.78, 5) is 0. The lowest BCUT2D eigenvalue weighted by molar-refractivity contribution is 0.399. The van der Waals surface area contributed by atoms with Gasteiger partial charge in [-0.05, 0) is 19.1 Å². The van der Waals surface area contributed by atoms with Crippen LogP contribution in [-0.2, 0) is 6.54 Å². The predicted octanol–water partition coefficient (Wildman–Crippen LogP) is 3.50. The molecule has 1 N–H and O–H groups in total. The predicted molar refractivity (Wildman–Crippen MR) is 62.7 cm³/mol. The van der Waals surface area contributed by atoms with Gasteiger partial charge >= 0.3 is 0 Å². The van der Waals surface area contributed by atoms with E-state index in [0.717, 1.165) is 10.2 Å². The summed E-state index contributed by atoms with van der Waals surface area (Å²) >= 11 is 3.21. The highest BCUT2D eigenvalue weighted by atomic mass is 79.9. The zero-order valence-corrected chi connectivity index (χ0v) is 10.2. The highest BCUT2D eigenvalue weighted by molar-refractivity contribution is 9.10. The number of halogens is 2. The Labute approximate surface area is 101 Å². The number of anilines is 1. The molecule has 0 saturated heterocycles. The van der Waals surface area contributed by atoms with Crippen molar-refractivity contribution in [1.82, 2.24) is 5.16 Å². The Hall–Kier alpha value is -1.36. The second-order valence-corrected chi connectivity index (χ2v) is 4.33. The first-order chi connectivity index (χ1) is 7.65. The Bertz CT molecular complexity index is 498.